The number of hydrogen-bond acceptors (Lipinski definition) is 5. The summed E-state index contributed by atoms with van der Waals surface area (Å²) in [4.78, 5) is 22.5. The molecule has 0 saturated carbocycles. The fourth-order valence-corrected chi connectivity index (χ4v) is 4.33. The molecule has 0 aliphatic carbocycles. The van der Waals surface area contributed by atoms with Crippen molar-refractivity contribution in [1.82, 2.24) is 0 Å². The predicted octanol–water partition coefficient (Wildman–Crippen LogP) is 6.51. The first kappa shape index (κ1) is 24.2. The van der Waals surface area contributed by atoms with Crippen LogP contribution in [0.2, 0.25) is 0 Å². The van der Waals surface area contributed by atoms with Crippen LogP contribution in [0, 0.1) is 28.4 Å². The Morgan fingerprint density at radius 2 is 1.73 bits per heavy atom. The minimum Gasteiger partial charge on any atom is -0.481 e. The monoisotopic (exact) mass is 569 g/mol. The number of halogens is 2. The van der Waals surface area contributed by atoms with Crippen LogP contribution in [-0.2, 0) is 4.79 Å². The predicted molar refractivity (Wildman–Crippen MR) is 134 cm³/mol. The molecule has 0 fully saturated rings. The third-order valence-electron chi connectivity index (χ3n) is 4.52. The smallest absolute Gasteiger partial charge is 0.269 e. The van der Waals surface area contributed by atoms with Crippen LogP contribution in [0.5, 0.6) is 5.75 Å². The molecule has 3 rings (SSSR count). The summed E-state index contributed by atoms with van der Waals surface area (Å²) in [6, 6.07) is 18.8. The van der Waals surface area contributed by atoms with Crippen LogP contribution in [0.4, 0.5) is 11.4 Å². The maximum atomic E-state index is 12.2. The minimum atomic E-state index is -0.493. The van der Waals surface area contributed by atoms with Gasteiger partial charge in [-0.05, 0) is 92.4 Å². The summed E-state index contributed by atoms with van der Waals surface area (Å²) in [6.45, 7) is 1.78. The normalized spacial score (nSPS) is 10.9. The lowest BCUT2D eigenvalue weighted by atomic mass is 10.0. The van der Waals surface area contributed by atoms with Gasteiger partial charge in [-0.2, -0.15) is 5.26 Å². The van der Waals surface area contributed by atoms with Crippen molar-refractivity contribution in [3.05, 3.63) is 96.4 Å². The van der Waals surface area contributed by atoms with Gasteiger partial charge < -0.3 is 10.1 Å². The highest BCUT2D eigenvalue weighted by molar-refractivity contribution is 9.11. The van der Waals surface area contributed by atoms with E-state index in [9.17, 15) is 20.2 Å². The van der Waals surface area contributed by atoms with Gasteiger partial charge in [-0.25, -0.2) is 0 Å². The second-order valence-corrected chi connectivity index (χ2v) is 8.70. The number of nitro groups is 1. The topological polar surface area (TPSA) is 105 Å². The molecule has 0 aromatic heterocycles. The molecule has 0 spiro atoms. The zero-order valence-electron chi connectivity index (χ0n) is 17.3. The van der Waals surface area contributed by atoms with Crippen LogP contribution in [0.15, 0.2) is 69.6 Å². The zero-order chi connectivity index (χ0) is 24.0. The molecule has 7 nitrogen and oxygen atoms in total. The largest absolute Gasteiger partial charge is 0.481 e. The quantitative estimate of drug-likeness (QED) is 0.151. The highest BCUT2D eigenvalue weighted by Crippen LogP contribution is 2.36. The molecule has 0 aliphatic rings. The molecular formula is C24H17Br2N3O4. The van der Waals surface area contributed by atoms with Crippen LogP contribution in [0.25, 0.3) is 11.6 Å². The van der Waals surface area contributed by atoms with Crippen LogP contribution in [0.3, 0.4) is 0 Å². The standard InChI is InChI=1S/C24H17Br2N3O4/c1-15-2-6-19(7-3-15)28-23(30)14-33-24-21(25)11-16(12-22(24)26)10-18(13-27)17-4-8-20(9-5-17)29(31)32/h2-12H,14H2,1H3,(H,28,30)/b18-10+. The number of nitro benzene ring substituents is 1. The number of anilines is 1. The fourth-order valence-electron chi connectivity index (χ4n) is 2.88. The molecule has 3 aromatic rings. The van der Waals surface area contributed by atoms with Gasteiger partial charge in [-0.3, -0.25) is 14.9 Å². The first-order chi connectivity index (χ1) is 15.8. The van der Waals surface area contributed by atoms with Gasteiger partial charge in [-0.1, -0.05) is 17.7 Å². The number of ether oxygens (including phenoxy) is 1. The number of benzene rings is 3. The average Bonchev–Trinajstić information content (AvgIpc) is 2.78. The third-order valence-corrected chi connectivity index (χ3v) is 5.70. The molecule has 0 radical (unpaired) electrons. The van der Waals surface area contributed by atoms with E-state index in [4.69, 9.17) is 4.74 Å². The highest BCUT2D eigenvalue weighted by Gasteiger charge is 2.13. The molecule has 1 N–H and O–H groups in total. The Bertz CT molecular complexity index is 1240. The van der Waals surface area contributed by atoms with E-state index < -0.39 is 4.92 Å². The van der Waals surface area contributed by atoms with Crippen molar-refractivity contribution < 1.29 is 14.5 Å². The number of nitriles is 1. The van der Waals surface area contributed by atoms with Crippen molar-refractivity contribution in [1.29, 1.82) is 5.26 Å². The highest BCUT2D eigenvalue weighted by atomic mass is 79.9. The van der Waals surface area contributed by atoms with E-state index in [1.54, 1.807) is 18.2 Å². The molecule has 9 heteroatoms. The molecular weight excluding hydrogens is 554 g/mol. The van der Waals surface area contributed by atoms with Gasteiger partial charge >= 0.3 is 0 Å². The molecule has 0 unspecified atom stereocenters. The van der Waals surface area contributed by atoms with Crippen molar-refractivity contribution in [3.63, 3.8) is 0 Å². The van der Waals surface area contributed by atoms with E-state index in [0.29, 0.717) is 37.1 Å². The molecule has 3 aromatic carbocycles. The summed E-state index contributed by atoms with van der Waals surface area (Å²) in [5.74, 6) is 0.145. The Hall–Kier alpha value is -3.48. The van der Waals surface area contributed by atoms with E-state index in [2.05, 4.69) is 43.2 Å². The number of allylic oxidation sites excluding steroid dienone is 1. The van der Waals surface area contributed by atoms with E-state index in [0.717, 1.165) is 5.56 Å². The second kappa shape index (κ2) is 10.9. The first-order valence-corrected chi connectivity index (χ1v) is 11.2. The van der Waals surface area contributed by atoms with E-state index >= 15 is 0 Å². The minimum absolute atomic E-state index is 0.0468. The number of carbonyl (C=O) groups excluding carboxylic acids is 1. The number of rotatable bonds is 7. The van der Waals surface area contributed by atoms with Crippen molar-refractivity contribution >= 4 is 60.8 Å². The van der Waals surface area contributed by atoms with E-state index in [1.807, 2.05) is 31.2 Å². The number of amides is 1. The van der Waals surface area contributed by atoms with Gasteiger partial charge in [0.05, 0.1) is 25.5 Å². The lowest BCUT2D eigenvalue weighted by Gasteiger charge is -2.12. The van der Waals surface area contributed by atoms with Gasteiger partial charge in [-0.15, -0.1) is 0 Å². The number of aryl methyl sites for hydroxylation is 1. The molecule has 0 aliphatic heterocycles. The van der Waals surface area contributed by atoms with Gasteiger partial charge in [0.15, 0.2) is 6.61 Å². The van der Waals surface area contributed by atoms with Gasteiger partial charge in [0, 0.05) is 17.8 Å². The summed E-state index contributed by atoms with van der Waals surface area (Å²) >= 11 is 6.89. The van der Waals surface area contributed by atoms with Crippen molar-refractivity contribution in [2.75, 3.05) is 11.9 Å². The Labute approximate surface area is 207 Å². The molecule has 0 heterocycles. The Morgan fingerprint density at radius 3 is 2.27 bits per heavy atom. The van der Waals surface area contributed by atoms with E-state index in [-0.39, 0.29) is 18.2 Å². The number of non-ortho nitro benzene ring substituents is 1. The van der Waals surface area contributed by atoms with Crippen LogP contribution in [0.1, 0.15) is 16.7 Å². The molecule has 33 heavy (non-hydrogen) atoms. The number of carbonyl (C=O) groups is 1. The molecule has 166 valence electrons. The molecule has 0 atom stereocenters. The summed E-state index contributed by atoms with van der Waals surface area (Å²) in [6.07, 6.45) is 1.66. The summed E-state index contributed by atoms with van der Waals surface area (Å²) < 4.78 is 6.86. The molecule has 0 saturated heterocycles. The van der Waals surface area contributed by atoms with Gasteiger partial charge in [0.2, 0.25) is 0 Å². The molecule has 0 bridgehead atoms. The number of nitrogens with zero attached hydrogens (tertiary/aromatic N) is 2. The first-order valence-electron chi connectivity index (χ1n) is 9.62. The number of hydrogen-bond donors (Lipinski definition) is 1. The maximum Gasteiger partial charge on any atom is 0.269 e. The second-order valence-electron chi connectivity index (χ2n) is 6.99. The lowest BCUT2D eigenvalue weighted by Crippen LogP contribution is -2.20. The average molecular weight is 571 g/mol. The van der Waals surface area contributed by atoms with Gasteiger partial charge in [0.1, 0.15) is 5.75 Å². The third kappa shape index (κ3) is 6.51. The summed E-state index contributed by atoms with van der Waals surface area (Å²) in [5, 5.41) is 23.1. The SMILES string of the molecule is Cc1ccc(NC(=O)COc2c(Br)cc(/C=C(\C#N)c3ccc([N+](=O)[O-])cc3)cc2Br)cc1. The lowest BCUT2D eigenvalue weighted by molar-refractivity contribution is -0.384. The fraction of sp³-hybridized carbons (Fsp3) is 0.0833. The maximum absolute atomic E-state index is 12.2. The Kier molecular flexibility index (Phi) is 7.98. The van der Waals surface area contributed by atoms with Crippen molar-refractivity contribution in [2.24, 2.45) is 0 Å². The summed E-state index contributed by atoms with van der Waals surface area (Å²) in [7, 11) is 0. The van der Waals surface area contributed by atoms with Crippen LogP contribution < -0.4 is 10.1 Å². The summed E-state index contributed by atoms with van der Waals surface area (Å²) in [5.41, 5.74) is 3.33. The Morgan fingerprint density at radius 1 is 1.12 bits per heavy atom. The van der Waals surface area contributed by atoms with Crippen molar-refractivity contribution in [3.8, 4) is 11.8 Å². The van der Waals surface area contributed by atoms with Crippen molar-refractivity contribution in [2.45, 2.75) is 6.92 Å². The van der Waals surface area contributed by atoms with Crippen LogP contribution in [-0.4, -0.2) is 17.4 Å². The zero-order valence-corrected chi connectivity index (χ0v) is 20.5. The molecule has 1 amide bonds. The van der Waals surface area contributed by atoms with Gasteiger partial charge in [0.25, 0.3) is 11.6 Å². The van der Waals surface area contributed by atoms with Crippen LogP contribution >= 0.6 is 31.9 Å². The van der Waals surface area contributed by atoms with E-state index in [1.165, 1.54) is 24.3 Å². The number of nitrogens with one attached hydrogen (secondary N) is 1. The Balaban J connectivity index is 1.73.